The van der Waals surface area contributed by atoms with Gasteiger partial charge in [-0.05, 0) is 44.7 Å². The third-order valence-corrected chi connectivity index (χ3v) is 7.46. The van der Waals surface area contributed by atoms with Gasteiger partial charge in [0.15, 0.2) is 0 Å². The number of amides is 1. The average Bonchev–Trinajstić information content (AvgIpc) is 3.04. The minimum absolute atomic E-state index is 0.0244. The molecule has 0 bridgehead atoms. The molecule has 7 nitrogen and oxygen atoms in total. The van der Waals surface area contributed by atoms with E-state index >= 15 is 0 Å². The molecule has 28 heavy (non-hydrogen) atoms. The summed E-state index contributed by atoms with van der Waals surface area (Å²) in [7, 11) is -1.72. The van der Waals surface area contributed by atoms with Gasteiger partial charge in [-0.3, -0.25) is 9.48 Å². The highest BCUT2D eigenvalue weighted by atomic mass is 32.2. The molecule has 8 heteroatoms. The van der Waals surface area contributed by atoms with Gasteiger partial charge in [-0.2, -0.15) is 9.40 Å². The van der Waals surface area contributed by atoms with E-state index in [1.165, 1.54) is 4.31 Å². The number of hydrogen-bond donors (Lipinski definition) is 1. The van der Waals surface area contributed by atoms with Crippen molar-refractivity contribution in [1.29, 1.82) is 0 Å². The van der Waals surface area contributed by atoms with E-state index in [1.807, 2.05) is 46.1 Å². The maximum Gasteiger partial charge on any atom is 0.243 e. The largest absolute Gasteiger partial charge is 0.352 e. The summed E-state index contributed by atoms with van der Waals surface area (Å²) in [4.78, 5) is 12.8. The highest BCUT2D eigenvalue weighted by Crippen LogP contribution is 2.28. The van der Waals surface area contributed by atoms with Gasteiger partial charge >= 0.3 is 0 Å². The predicted octanol–water partition coefficient (Wildman–Crippen LogP) is 2.06. The van der Waals surface area contributed by atoms with Crippen LogP contribution in [0.2, 0.25) is 0 Å². The number of aryl methyl sites for hydroxylation is 4. The number of sulfonamides is 1. The molecule has 1 aliphatic rings. The Labute approximate surface area is 166 Å². The van der Waals surface area contributed by atoms with Gasteiger partial charge < -0.3 is 5.32 Å². The molecule has 1 saturated heterocycles. The Morgan fingerprint density at radius 3 is 2.32 bits per heavy atom. The third kappa shape index (κ3) is 4.28. The zero-order chi connectivity index (χ0) is 20.5. The Balaban J connectivity index is 1.62. The van der Waals surface area contributed by atoms with Gasteiger partial charge in [0.25, 0.3) is 0 Å². The second kappa shape index (κ2) is 8.05. The predicted molar refractivity (Wildman–Crippen MR) is 107 cm³/mol. The molecular formula is C20H28N4O3S. The van der Waals surface area contributed by atoms with Gasteiger partial charge in [0, 0.05) is 44.4 Å². The summed E-state index contributed by atoms with van der Waals surface area (Å²) >= 11 is 0. The highest BCUT2D eigenvalue weighted by Gasteiger charge is 2.33. The smallest absolute Gasteiger partial charge is 0.243 e. The van der Waals surface area contributed by atoms with Crippen molar-refractivity contribution in [2.75, 3.05) is 13.1 Å². The topological polar surface area (TPSA) is 84.3 Å². The van der Waals surface area contributed by atoms with Crippen LogP contribution >= 0.6 is 0 Å². The lowest BCUT2D eigenvalue weighted by atomic mass is 9.97. The van der Waals surface area contributed by atoms with Crippen LogP contribution in [-0.4, -0.2) is 41.5 Å². The van der Waals surface area contributed by atoms with Crippen molar-refractivity contribution in [2.45, 2.75) is 45.1 Å². The van der Waals surface area contributed by atoms with Gasteiger partial charge in [-0.15, -0.1) is 0 Å². The number of piperidine rings is 1. The molecule has 0 spiro atoms. The van der Waals surface area contributed by atoms with Gasteiger partial charge in [-0.25, -0.2) is 8.42 Å². The summed E-state index contributed by atoms with van der Waals surface area (Å²) in [5.74, 6) is -0.188. The van der Waals surface area contributed by atoms with E-state index in [2.05, 4.69) is 10.4 Å². The van der Waals surface area contributed by atoms with E-state index in [9.17, 15) is 13.2 Å². The van der Waals surface area contributed by atoms with Crippen molar-refractivity contribution in [1.82, 2.24) is 19.4 Å². The first-order valence-corrected chi connectivity index (χ1v) is 11.0. The average molecular weight is 405 g/mol. The fraction of sp³-hybridized carbons (Fsp3) is 0.500. The second-order valence-electron chi connectivity index (χ2n) is 7.65. The molecule has 0 saturated carbocycles. The van der Waals surface area contributed by atoms with Crippen molar-refractivity contribution in [2.24, 2.45) is 13.0 Å². The van der Waals surface area contributed by atoms with Crippen molar-refractivity contribution in [3.8, 4) is 0 Å². The molecule has 1 fully saturated rings. The van der Waals surface area contributed by atoms with Crippen molar-refractivity contribution >= 4 is 15.9 Å². The lowest BCUT2D eigenvalue weighted by Gasteiger charge is -2.31. The lowest BCUT2D eigenvalue weighted by Crippen LogP contribution is -2.43. The molecule has 1 amide bonds. The van der Waals surface area contributed by atoms with E-state index in [1.54, 1.807) is 10.9 Å². The fourth-order valence-corrected chi connectivity index (χ4v) is 5.84. The Morgan fingerprint density at radius 1 is 1.18 bits per heavy atom. The summed E-state index contributed by atoms with van der Waals surface area (Å²) in [5.41, 5.74) is 3.54. The zero-order valence-electron chi connectivity index (χ0n) is 16.9. The number of carbonyl (C=O) groups is 1. The summed E-state index contributed by atoms with van der Waals surface area (Å²) in [6, 6.07) is 3.80. The number of benzene rings is 1. The second-order valence-corrected chi connectivity index (χ2v) is 9.52. The van der Waals surface area contributed by atoms with Crippen molar-refractivity contribution < 1.29 is 13.2 Å². The van der Waals surface area contributed by atoms with E-state index in [0.717, 1.165) is 22.3 Å². The molecule has 152 valence electrons. The van der Waals surface area contributed by atoms with Crippen LogP contribution in [0.5, 0.6) is 0 Å². The van der Waals surface area contributed by atoms with Crippen LogP contribution in [0.15, 0.2) is 29.4 Å². The quantitative estimate of drug-likeness (QED) is 0.827. The fourth-order valence-electron chi connectivity index (χ4n) is 3.96. The number of aromatic nitrogens is 2. The number of hydrogen-bond acceptors (Lipinski definition) is 4. The number of nitrogens with zero attached hydrogens (tertiary/aromatic N) is 3. The molecule has 0 radical (unpaired) electrons. The van der Waals surface area contributed by atoms with Crippen LogP contribution in [0.4, 0.5) is 0 Å². The van der Waals surface area contributed by atoms with Crippen LogP contribution in [0, 0.1) is 26.7 Å². The highest BCUT2D eigenvalue weighted by molar-refractivity contribution is 7.89. The third-order valence-electron chi connectivity index (χ3n) is 5.25. The maximum atomic E-state index is 13.1. The molecule has 1 aromatic carbocycles. The summed E-state index contributed by atoms with van der Waals surface area (Å²) in [6.45, 7) is 6.80. The first-order valence-electron chi connectivity index (χ1n) is 9.51. The van der Waals surface area contributed by atoms with Gasteiger partial charge in [0.05, 0.1) is 11.1 Å². The van der Waals surface area contributed by atoms with E-state index in [0.29, 0.717) is 37.4 Å². The van der Waals surface area contributed by atoms with Crippen LogP contribution in [0.1, 0.15) is 35.1 Å². The SMILES string of the molecule is Cc1cc(C)c(S(=O)(=O)N2CCC(C(=O)NCc3cnn(C)c3)CC2)c(C)c1. The zero-order valence-corrected chi connectivity index (χ0v) is 17.7. The first kappa shape index (κ1) is 20.5. The maximum absolute atomic E-state index is 13.1. The minimum atomic E-state index is -3.55. The molecule has 1 aliphatic heterocycles. The molecule has 2 heterocycles. The van der Waals surface area contributed by atoms with E-state index < -0.39 is 10.0 Å². The monoisotopic (exact) mass is 404 g/mol. The molecule has 2 aromatic rings. The minimum Gasteiger partial charge on any atom is -0.352 e. The van der Waals surface area contributed by atoms with E-state index in [-0.39, 0.29) is 11.8 Å². The molecule has 1 N–H and O–H groups in total. The van der Waals surface area contributed by atoms with Gasteiger partial charge in [-0.1, -0.05) is 17.7 Å². The number of carbonyl (C=O) groups excluding carboxylic acids is 1. The van der Waals surface area contributed by atoms with Crippen LogP contribution in [-0.2, 0) is 28.4 Å². The summed E-state index contributed by atoms with van der Waals surface area (Å²) < 4.78 is 29.5. The van der Waals surface area contributed by atoms with E-state index in [4.69, 9.17) is 0 Å². The molecular weight excluding hydrogens is 376 g/mol. The van der Waals surface area contributed by atoms with Gasteiger partial charge in [0.1, 0.15) is 0 Å². The molecule has 1 aromatic heterocycles. The Kier molecular flexibility index (Phi) is 5.90. The molecule has 0 unspecified atom stereocenters. The number of rotatable bonds is 5. The summed E-state index contributed by atoms with van der Waals surface area (Å²) in [5, 5.41) is 7.02. The van der Waals surface area contributed by atoms with Crippen LogP contribution in [0.3, 0.4) is 0 Å². The molecule has 0 atom stereocenters. The Morgan fingerprint density at radius 2 is 1.79 bits per heavy atom. The van der Waals surface area contributed by atoms with Crippen molar-refractivity contribution in [3.05, 3.63) is 46.8 Å². The van der Waals surface area contributed by atoms with Gasteiger partial charge in [0.2, 0.25) is 15.9 Å². The molecule has 3 rings (SSSR count). The Bertz CT molecular complexity index is 950. The molecule has 0 aliphatic carbocycles. The van der Waals surface area contributed by atoms with Crippen molar-refractivity contribution in [3.63, 3.8) is 0 Å². The summed E-state index contributed by atoms with van der Waals surface area (Å²) in [6.07, 6.45) is 4.65. The lowest BCUT2D eigenvalue weighted by molar-refractivity contribution is -0.126. The van der Waals surface area contributed by atoms with Crippen LogP contribution < -0.4 is 5.32 Å². The standard InChI is InChI=1S/C20H28N4O3S/c1-14-9-15(2)19(16(3)10-14)28(26,27)24-7-5-18(6-8-24)20(25)21-11-17-12-22-23(4)13-17/h9-10,12-13,18H,5-8,11H2,1-4H3,(H,21,25). The van der Waals surface area contributed by atoms with Crippen LogP contribution in [0.25, 0.3) is 0 Å². The Hall–Kier alpha value is -2.19. The normalized spacial score (nSPS) is 16.3. The first-order chi connectivity index (χ1) is 13.2. The number of nitrogens with one attached hydrogen (secondary N) is 1.